The molecule has 0 spiro atoms. The molecule has 17 heavy (non-hydrogen) atoms. The second-order valence-electron chi connectivity index (χ2n) is 3.61. The number of amides is 1. The van der Waals surface area contributed by atoms with Gasteiger partial charge in [0.15, 0.2) is 0 Å². The molecule has 2 heterocycles. The van der Waals surface area contributed by atoms with Crippen molar-refractivity contribution in [3.8, 4) is 0 Å². The average Bonchev–Trinajstić information content (AvgIpc) is 2.90. The SMILES string of the molecule is Cc1sc(C(=O)NCCc2cscn2)cc1N. The lowest BCUT2D eigenvalue weighted by Crippen LogP contribution is -2.24. The molecule has 6 heteroatoms. The predicted molar refractivity (Wildman–Crippen MR) is 71.6 cm³/mol. The third-order valence-electron chi connectivity index (χ3n) is 2.33. The molecule has 2 rings (SSSR count). The van der Waals surface area contributed by atoms with E-state index in [9.17, 15) is 4.79 Å². The number of anilines is 1. The van der Waals surface area contributed by atoms with Crippen molar-refractivity contribution in [1.82, 2.24) is 10.3 Å². The van der Waals surface area contributed by atoms with E-state index in [1.54, 1.807) is 22.9 Å². The summed E-state index contributed by atoms with van der Waals surface area (Å²) in [6, 6.07) is 1.72. The van der Waals surface area contributed by atoms with Gasteiger partial charge in [0, 0.05) is 28.9 Å². The van der Waals surface area contributed by atoms with Gasteiger partial charge in [-0.25, -0.2) is 4.98 Å². The molecule has 0 aliphatic rings. The number of nitrogens with zero attached hydrogens (tertiary/aromatic N) is 1. The molecule has 0 bridgehead atoms. The Hall–Kier alpha value is -1.40. The zero-order valence-electron chi connectivity index (χ0n) is 9.40. The third-order valence-corrected chi connectivity index (χ3v) is 4.03. The van der Waals surface area contributed by atoms with E-state index in [0.29, 0.717) is 17.1 Å². The van der Waals surface area contributed by atoms with Gasteiger partial charge in [-0.05, 0) is 13.0 Å². The lowest BCUT2D eigenvalue weighted by Gasteiger charge is -2.01. The van der Waals surface area contributed by atoms with Crippen molar-refractivity contribution in [1.29, 1.82) is 0 Å². The third kappa shape index (κ3) is 3.04. The van der Waals surface area contributed by atoms with Crippen LogP contribution in [-0.4, -0.2) is 17.4 Å². The Balaban J connectivity index is 1.85. The largest absolute Gasteiger partial charge is 0.398 e. The molecule has 0 aliphatic heterocycles. The van der Waals surface area contributed by atoms with Crippen LogP contribution in [0.4, 0.5) is 5.69 Å². The van der Waals surface area contributed by atoms with Gasteiger partial charge < -0.3 is 11.1 Å². The van der Waals surface area contributed by atoms with Crippen LogP contribution in [-0.2, 0) is 6.42 Å². The summed E-state index contributed by atoms with van der Waals surface area (Å²) in [5.41, 5.74) is 9.19. The van der Waals surface area contributed by atoms with Crippen LogP contribution in [0.1, 0.15) is 20.2 Å². The summed E-state index contributed by atoms with van der Waals surface area (Å²) in [7, 11) is 0. The number of thiazole rings is 1. The van der Waals surface area contributed by atoms with Crippen molar-refractivity contribution in [2.24, 2.45) is 0 Å². The smallest absolute Gasteiger partial charge is 0.261 e. The molecule has 2 aromatic rings. The first-order valence-corrected chi connectivity index (χ1v) is 6.94. The number of nitrogens with two attached hydrogens (primary N) is 1. The lowest BCUT2D eigenvalue weighted by atomic mass is 10.3. The predicted octanol–water partition coefficient (Wildman–Crippen LogP) is 2.07. The summed E-state index contributed by atoms with van der Waals surface area (Å²) in [6.45, 7) is 2.51. The van der Waals surface area contributed by atoms with Crippen LogP contribution >= 0.6 is 22.7 Å². The van der Waals surface area contributed by atoms with E-state index in [0.717, 1.165) is 17.0 Å². The number of hydrogen-bond donors (Lipinski definition) is 2. The molecule has 90 valence electrons. The summed E-state index contributed by atoms with van der Waals surface area (Å²) in [5, 5.41) is 4.84. The second-order valence-corrected chi connectivity index (χ2v) is 5.58. The Bertz CT molecular complexity index is 485. The van der Waals surface area contributed by atoms with Gasteiger partial charge in [-0.15, -0.1) is 22.7 Å². The number of carbonyl (C=O) groups is 1. The number of carbonyl (C=O) groups excluding carboxylic acids is 1. The summed E-state index contributed by atoms with van der Waals surface area (Å²) < 4.78 is 0. The van der Waals surface area contributed by atoms with Crippen LogP contribution in [0.25, 0.3) is 0 Å². The fourth-order valence-electron chi connectivity index (χ4n) is 1.36. The molecule has 0 unspecified atom stereocenters. The van der Waals surface area contributed by atoms with E-state index >= 15 is 0 Å². The molecule has 0 saturated carbocycles. The topological polar surface area (TPSA) is 68.0 Å². The molecular weight excluding hydrogens is 254 g/mol. The Morgan fingerprint density at radius 1 is 1.59 bits per heavy atom. The van der Waals surface area contributed by atoms with E-state index in [1.165, 1.54) is 11.3 Å². The van der Waals surface area contributed by atoms with Gasteiger partial charge in [-0.1, -0.05) is 0 Å². The highest BCUT2D eigenvalue weighted by Crippen LogP contribution is 2.23. The van der Waals surface area contributed by atoms with Crippen molar-refractivity contribution in [2.45, 2.75) is 13.3 Å². The van der Waals surface area contributed by atoms with Crippen LogP contribution in [0.2, 0.25) is 0 Å². The van der Waals surface area contributed by atoms with Gasteiger partial charge in [0.1, 0.15) is 0 Å². The van der Waals surface area contributed by atoms with Crippen LogP contribution in [0, 0.1) is 6.92 Å². The zero-order chi connectivity index (χ0) is 12.3. The van der Waals surface area contributed by atoms with Gasteiger partial charge >= 0.3 is 0 Å². The van der Waals surface area contributed by atoms with Gasteiger partial charge in [-0.2, -0.15) is 0 Å². The number of nitrogens with one attached hydrogen (secondary N) is 1. The Morgan fingerprint density at radius 2 is 2.41 bits per heavy atom. The van der Waals surface area contributed by atoms with E-state index in [1.807, 2.05) is 12.3 Å². The second kappa shape index (κ2) is 5.29. The number of aromatic nitrogens is 1. The number of rotatable bonds is 4. The minimum absolute atomic E-state index is 0.0648. The molecule has 0 aromatic carbocycles. The van der Waals surface area contributed by atoms with Crippen molar-refractivity contribution >= 4 is 34.3 Å². The standard InChI is InChI=1S/C11H13N3OS2/c1-7-9(12)4-10(17-7)11(15)13-3-2-8-5-16-6-14-8/h4-6H,2-3,12H2,1H3,(H,13,15). The van der Waals surface area contributed by atoms with Crippen LogP contribution in [0.5, 0.6) is 0 Å². The first-order chi connectivity index (χ1) is 8.16. The molecule has 0 fully saturated rings. The molecular formula is C11H13N3OS2. The number of nitrogen functional groups attached to an aromatic ring is 1. The van der Waals surface area contributed by atoms with Crippen LogP contribution < -0.4 is 11.1 Å². The molecule has 2 aromatic heterocycles. The van der Waals surface area contributed by atoms with E-state index < -0.39 is 0 Å². The Kier molecular flexibility index (Phi) is 3.75. The maximum atomic E-state index is 11.8. The van der Waals surface area contributed by atoms with Gasteiger partial charge in [0.2, 0.25) is 0 Å². The molecule has 3 N–H and O–H groups in total. The van der Waals surface area contributed by atoms with Crippen LogP contribution in [0.3, 0.4) is 0 Å². The van der Waals surface area contributed by atoms with Crippen molar-refractivity contribution in [3.63, 3.8) is 0 Å². The fraction of sp³-hybridized carbons (Fsp3) is 0.273. The maximum absolute atomic E-state index is 11.8. The monoisotopic (exact) mass is 267 g/mol. The van der Waals surface area contributed by atoms with Gasteiger partial charge in [0.25, 0.3) is 5.91 Å². The van der Waals surface area contributed by atoms with Crippen LogP contribution in [0.15, 0.2) is 17.0 Å². The Morgan fingerprint density at radius 3 is 3.00 bits per heavy atom. The minimum Gasteiger partial charge on any atom is -0.398 e. The number of thiophene rings is 1. The molecule has 4 nitrogen and oxygen atoms in total. The molecule has 0 saturated heterocycles. The fourth-order valence-corrected chi connectivity index (χ4v) is 2.81. The summed E-state index contributed by atoms with van der Waals surface area (Å²) in [4.78, 5) is 17.6. The Labute approximate surface area is 107 Å². The summed E-state index contributed by atoms with van der Waals surface area (Å²) >= 11 is 2.98. The van der Waals surface area contributed by atoms with Crippen molar-refractivity contribution < 1.29 is 4.79 Å². The molecule has 0 aliphatic carbocycles. The van der Waals surface area contributed by atoms with Gasteiger partial charge in [0.05, 0.1) is 16.1 Å². The number of hydrogen-bond acceptors (Lipinski definition) is 5. The zero-order valence-corrected chi connectivity index (χ0v) is 11.0. The minimum atomic E-state index is -0.0648. The van der Waals surface area contributed by atoms with Gasteiger partial charge in [-0.3, -0.25) is 4.79 Å². The normalized spacial score (nSPS) is 10.4. The lowest BCUT2D eigenvalue weighted by molar-refractivity contribution is 0.0958. The van der Waals surface area contributed by atoms with E-state index in [-0.39, 0.29) is 5.91 Å². The van der Waals surface area contributed by atoms with E-state index in [4.69, 9.17) is 5.73 Å². The van der Waals surface area contributed by atoms with Crippen molar-refractivity contribution in [3.05, 3.63) is 32.4 Å². The summed E-state index contributed by atoms with van der Waals surface area (Å²) in [6.07, 6.45) is 0.759. The van der Waals surface area contributed by atoms with E-state index in [2.05, 4.69) is 10.3 Å². The molecule has 1 amide bonds. The highest BCUT2D eigenvalue weighted by molar-refractivity contribution is 7.14. The first-order valence-electron chi connectivity index (χ1n) is 5.18. The number of aryl methyl sites for hydroxylation is 1. The maximum Gasteiger partial charge on any atom is 0.261 e. The molecule has 0 radical (unpaired) electrons. The summed E-state index contributed by atoms with van der Waals surface area (Å²) in [5.74, 6) is -0.0648. The molecule has 0 atom stereocenters. The van der Waals surface area contributed by atoms with Crippen molar-refractivity contribution in [2.75, 3.05) is 12.3 Å². The average molecular weight is 267 g/mol. The first kappa shape index (κ1) is 12.1. The highest BCUT2D eigenvalue weighted by atomic mass is 32.1. The highest BCUT2D eigenvalue weighted by Gasteiger charge is 2.10. The quantitative estimate of drug-likeness (QED) is 0.891.